The highest BCUT2D eigenvalue weighted by Crippen LogP contribution is 2.62. The van der Waals surface area contributed by atoms with Crippen molar-refractivity contribution in [3.63, 3.8) is 0 Å². The van der Waals surface area contributed by atoms with Gasteiger partial charge in [0, 0.05) is 12.2 Å². The van der Waals surface area contributed by atoms with Crippen molar-refractivity contribution in [1.82, 2.24) is 0 Å². The first-order valence-electron chi connectivity index (χ1n) is 20.5. The second-order valence-electron chi connectivity index (χ2n) is 22.6. The SMILES string of the molecule is C=C(C)[C@@H]1CC[C@@H](CO[Si](C)(C)C(C)(C)C)C[C@H]1c1c(O[Si](C)(C)C(C)(C)C)cc(C23CC4CC(CC(C4)C2)C3)cc1O[Si](C)(C)C(C)(C)C. The highest BCUT2D eigenvalue weighted by atomic mass is 28.4. The molecule has 0 N–H and O–H groups in total. The van der Waals surface area contributed by atoms with Gasteiger partial charge in [-0.2, -0.15) is 0 Å². The molecule has 1 aromatic rings. The fraction of sp³-hybridized carbons (Fsp3) is 0.818. The number of hydrogen-bond acceptors (Lipinski definition) is 3. The number of hydrogen-bond donors (Lipinski definition) is 0. The van der Waals surface area contributed by atoms with Gasteiger partial charge in [0.1, 0.15) is 11.5 Å². The van der Waals surface area contributed by atoms with Crippen LogP contribution in [0.1, 0.15) is 144 Å². The summed E-state index contributed by atoms with van der Waals surface area (Å²) in [5, 5.41) is 0.408. The fourth-order valence-electron chi connectivity index (χ4n) is 9.62. The lowest BCUT2D eigenvalue weighted by atomic mass is 9.48. The van der Waals surface area contributed by atoms with Crippen molar-refractivity contribution in [2.45, 2.75) is 193 Å². The predicted octanol–water partition coefficient (Wildman–Crippen LogP) is 14.0. The molecule has 0 saturated heterocycles. The molecule has 5 aliphatic carbocycles. The third-order valence-corrected chi connectivity index (χ3v) is 28.7. The summed E-state index contributed by atoms with van der Waals surface area (Å²) in [7, 11) is -6.22. The van der Waals surface area contributed by atoms with Gasteiger partial charge in [-0.25, -0.2) is 0 Å². The standard InChI is InChI=1S/C44H78O3Si3/c1-30(2)36-19-18-31(29-45-48(12,13)41(3,4)5)23-37(36)40-38(46-49(14,15)42(6,7)8)24-35(25-39(40)47-50(16,17)43(9,10)11)44-26-32-20-33(27-44)22-34(21-32)28-44/h24-25,31-34,36-37H,1,18-23,26-29H2,2-17H3/t31-,32?,33?,34?,36+,37-,44?/m1/s1. The summed E-state index contributed by atoms with van der Waals surface area (Å²) >= 11 is 0. The molecule has 3 atom stereocenters. The molecule has 5 fully saturated rings. The lowest BCUT2D eigenvalue weighted by Gasteiger charge is -2.57. The molecule has 6 heteroatoms. The highest BCUT2D eigenvalue weighted by molar-refractivity contribution is 6.75. The van der Waals surface area contributed by atoms with E-state index >= 15 is 0 Å². The van der Waals surface area contributed by atoms with Crippen LogP contribution in [0.2, 0.25) is 54.4 Å². The largest absolute Gasteiger partial charge is 0.543 e. The van der Waals surface area contributed by atoms with Crippen LogP contribution < -0.4 is 8.85 Å². The molecule has 6 rings (SSSR count). The lowest BCUT2D eigenvalue weighted by molar-refractivity contribution is -0.00533. The molecule has 4 bridgehead atoms. The van der Waals surface area contributed by atoms with E-state index in [1.165, 1.54) is 61.6 Å². The minimum absolute atomic E-state index is 0.0985. The summed E-state index contributed by atoms with van der Waals surface area (Å²) in [5.41, 5.74) is 4.46. The molecular weight excluding hydrogens is 661 g/mol. The Balaban J connectivity index is 1.69. The molecule has 0 amide bonds. The first kappa shape index (κ1) is 40.4. The molecule has 5 saturated carbocycles. The van der Waals surface area contributed by atoms with Crippen LogP contribution in [0.4, 0.5) is 0 Å². The van der Waals surface area contributed by atoms with Gasteiger partial charge in [-0.1, -0.05) is 74.5 Å². The fourth-order valence-corrected chi connectivity index (χ4v) is 12.8. The van der Waals surface area contributed by atoms with E-state index in [0.29, 0.717) is 17.8 Å². The minimum Gasteiger partial charge on any atom is -0.543 e. The van der Waals surface area contributed by atoms with Gasteiger partial charge in [-0.15, -0.1) is 0 Å². The van der Waals surface area contributed by atoms with E-state index in [4.69, 9.17) is 13.3 Å². The maximum absolute atomic E-state index is 7.64. The van der Waals surface area contributed by atoms with Crippen LogP contribution in [-0.4, -0.2) is 31.6 Å². The van der Waals surface area contributed by atoms with Crippen LogP contribution in [0.15, 0.2) is 24.3 Å². The van der Waals surface area contributed by atoms with Gasteiger partial charge < -0.3 is 13.3 Å². The molecule has 5 aliphatic rings. The zero-order valence-corrected chi connectivity index (χ0v) is 38.6. The van der Waals surface area contributed by atoms with Crippen molar-refractivity contribution in [3.8, 4) is 11.5 Å². The first-order chi connectivity index (χ1) is 22.6. The minimum atomic E-state index is -2.18. The van der Waals surface area contributed by atoms with Crippen LogP contribution in [0, 0.1) is 29.6 Å². The Labute approximate surface area is 312 Å². The Morgan fingerprint density at radius 1 is 0.680 bits per heavy atom. The average Bonchev–Trinajstić information content (AvgIpc) is 2.93. The van der Waals surface area contributed by atoms with Gasteiger partial charge in [0.2, 0.25) is 16.6 Å². The molecular formula is C44H78O3Si3. The Bertz CT molecular complexity index is 1320. The molecule has 284 valence electrons. The molecule has 0 aliphatic heterocycles. The van der Waals surface area contributed by atoms with Crippen LogP contribution >= 0.6 is 0 Å². The summed E-state index contributed by atoms with van der Waals surface area (Å²) in [6.45, 7) is 43.8. The maximum Gasteiger partial charge on any atom is 0.250 e. The summed E-state index contributed by atoms with van der Waals surface area (Å²) in [4.78, 5) is 0. The topological polar surface area (TPSA) is 27.7 Å². The Kier molecular flexibility index (Phi) is 10.9. The molecule has 3 nitrogen and oxygen atoms in total. The third kappa shape index (κ3) is 7.99. The monoisotopic (exact) mass is 739 g/mol. The zero-order valence-electron chi connectivity index (χ0n) is 35.6. The van der Waals surface area contributed by atoms with Crippen molar-refractivity contribution < 1.29 is 13.3 Å². The molecule has 1 aromatic carbocycles. The zero-order chi connectivity index (χ0) is 37.5. The van der Waals surface area contributed by atoms with Crippen molar-refractivity contribution >= 4 is 25.0 Å². The number of rotatable bonds is 10. The predicted molar refractivity (Wildman–Crippen MR) is 223 cm³/mol. The molecule has 0 heterocycles. The van der Waals surface area contributed by atoms with Gasteiger partial charge in [0.05, 0.1) is 0 Å². The van der Waals surface area contributed by atoms with Gasteiger partial charge in [-0.05, 0) is 178 Å². The van der Waals surface area contributed by atoms with E-state index in [1.807, 2.05) is 0 Å². The summed E-state index contributed by atoms with van der Waals surface area (Å²) in [6.07, 6.45) is 11.9. The van der Waals surface area contributed by atoms with Gasteiger partial charge in [0.15, 0.2) is 8.32 Å². The number of allylic oxidation sites excluding steroid dienone is 1. The Morgan fingerprint density at radius 2 is 1.10 bits per heavy atom. The lowest BCUT2D eigenvalue weighted by Crippen LogP contribution is -2.49. The van der Waals surface area contributed by atoms with E-state index in [0.717, 1.165) is 48.7 Å². The van der Waals surface area contributed by atoms with Crippen LogP contribution in [0.5, 0.6) is 11.5 Å². The van der Waals surface area contributed by atoms with E-state index in [9.17, 15) is 0 Å². The van der Waals surface area contributed by atoms with Crippen molar-refractivity contribution in [2.75, 3.05) is 6.61 Å². The van der Waals surface area contributed by atoms with E-state index < -0.39 is 25.0 Å². The average molecular weight is 739 g/mol. The molecule has 50 heavy (non-hydrogen) atoms. The van der Waals surface area contributed by atoms with Crippen molar-refractivity contribution in [1.29, 1.82) is 0 Å². The highest BCUT2D eigenvalue weighted by Gasteiger charge is 2.53. The number of benzene rings is 1. The smallest absolute Gasteiger partial charge is 0.250 e. The van der Waals surface area contributed by atoms with Crippen LogP contribution in [0.3, 0.4) is 0 Å². The normalized spacial score (nSPS) is 30.8. The van der Waals surface area contributed by atoms with Crippen LogP contribution in [0.25, 0.3) is 0 Å². The summed E-state index contributed by atoms with van der Waals surface area (Å²) in [5.74, 6) is 6.22. The second-order valence-corrected chi connectivity index (χ2v) is 36.9. The molecule has 0 spiro atoms. The molecule has 0 aromatic heterocycles. The van der Waals surface area contributed by atoms with Gasteiger partial charge in [0.25, 0.3) is 0 Å². The third-order valence-electron chi connectivity index (χ3n) is 15.5. The van der Waals surface area contributed by atoms with Crippen molar-refractivity contribution in [3.05, 3.63) is 35.4 Å². The first-order valence-corrected chi connectivity index (χ1v) is 29.2. The van der Waals surface area contributed by atoms with Gasteiger partial charge in [-0.3, -0.25) is 0 Å². The van der Waals surface area contributed by atoms with E-state index in [1.54, 1.807) is 0 Å². The van der Waals surface area contributed by atoms with Crippen molar-refractivity contribution in [2.24, 2.45) is 29.6 Å². The Morgan fingerprint density at radius 3 is 1.48 bits per heavy atom. The molecule has 0 unspecified atom stereocenters. The second kappa shape index (κ2) is 13.5. The maximum atomic E-state index is 7.64. The van der Waals surface area contributed by atoms with E-state index in [2.05, 4.69) is 127 Å². The van der Waals surface area contributed by atoms with Gasteiger partial charge >= 0.3 is 0 Å². The van der Waals surface area contributed by atoms with E-state index in [-0.39, 0.29) is 20.5 Å². The summed E-state index contributed by atoms with van der Waals surface area (Å²) in [6, 6.07) is 5.18. The molecule has 0 radical (unpaired) electrons. The Hall–Kier alpha value is -0.829. The quantitative estimate of drug-likeness (QED) is 0.177. The van der Waals surface area contributed by atoms with Crippen LogP contribution in [-0.2, 0) is 9.84 Å². The summed E-state index contributed by atoms with van der Waals surface area (Å²) < 4.78 is 22.2.